The van der Waals surface area contributed by atoms with Crippen molar-refractivity contribution in [2.24, 2.45) is 5.92 Å². The molecule has 0 spiro atoms. The van der Waals surface area contributed by atoms with Gasteiger partial charge in [0.1, 0.15) is 5.75 Å². The first-order valence-electron chi connectivity index (χ1n) is 7.67. The Kier molecular flexibility index (Phi) is 4.14. The van der Waals surface area contributed by atoms with E-state index in [9.17, 15) is 4.79 Å². The first kappa shape index (κ1) is 14.6. The topological polar surface area (TPSA) is 29.5 Å². The van der Waals surface area contributed by atoms with Gasteiger partial charge >= 0.3 is 0 Å². The molecular weight excluding hydrogens is 274 g/mol. The monoisotopic (exact) mass is 295 g/mol. The number of carbonyl (C=O) groups excluding carboxylic acids is 1. The van der Waals surface area contributed by atoms with Gasteiger partial charge in [0, 0.05) is 25.6 Å². The third-order valence-corrected chi connectivity index (χ3v) is 4.28. The van der Waals surface area contributed by atoms with Gasteiger partial charge in [-0.2, -0.15) is 0 Å². The Morgan fingerprint density at radius 3 is 2.64 bits per heavy atom. The molecule has 0 radical (unpaired) electrons. The lowest BCUT2D eigenvalue weighted by molar-refractivity contribution is -0.116. The predicted molar refractivity (Wildman–Crippen MR) is 88.4 cm³/mol. The highest BCUT2D eigenvalue weighted by atomic mass is 16.5. The second-order valence-corrected chi connectivity index (χ2v) is 5.94. The number of nitrogens with zero attached hydrogens (tertiary/aromatic N) is 1. The summed E-state index contributed by atoms with van der Waals surface area (Å²) in [4.78, 5) is 13.0. The van der Waals surface area contributed by atoms with E-state index in [-0.39, 0.29) is 5.91 Å². The number of fused-ring (bicyclic) bond motifs is 1. The molecule has 22 heavy (non-hydrogen) atoms. The fourth-order valence-electron chi connectivity index (χ4n) is 2.89. The summed E-state index contributed by atoms with van der Waals surface area (Å²) >= 11 is 0. The Hall–Kier alpha value is -2.29. The Morgan fingerprint density at radius 2 is 1.91 bits per heavy atom. The van der Waals surface area contributed by atoms with Crippen LogP contribution in [0.15, 0.2) is 48.5 Å². The van der Waals surface area contributed by atoms with Crippen LogP contribution in [0.2, 0.25) is 0 Å². The van der Waals surface area contributed by atoms with Gasteiger partial charge in [-0.05, 0) is 42.2 Å². The predicted octanol–water partition coefficient (Wildman–Crippen LogP) is 3.46. The first-order valence-corrected chi connectivity index (χ1v) is 7.67. The summed E-state index contributed by atoms with van der Waals surface area (Å²) in [7, 11) is 1.79. The SMILES string of the molecule is CC(=O)N(C)c1ccc(CC2COc3ccccc3C2)cc1. The summed E-state index contributed by atoms with van der Waals surface area (Å²) < 4.78 is 5.85. The summed E-state index contributed by atoms with van der Waals surface area (Å²) in [5.74, 6) is 1.58. The number of carbonyl (C=O) groups is 1. The van der Waals surface area contributed by atoms with Crippen LogP contribution in [0.4, 0.5) is 5.69 Å². The average molecular weight is 295 g/mol. The lowest BCUT2D eigenvalue weighted by Gasteiger charge is -2.25. The van der Waals surface area contributed by atoms with E-state index in [2.05, 4.69) is 24.3 Å². The van der Waals surface area contributed by atoms with Crippen LogP contribution in [-0.4, -0.2) is 19.6 Å². The third kappa shape index (κ3) is 3.14. The number of rotatable bonds is 3. The van der Waals surface area contributed by atoms with Crippen LogP contribution in [0, 0.1) is 5.92 Å². The number of amides is 1. The van der Waals surface area contributed by atoms with Crippen molar-refractivity contribution in [3.63, 3.8) is 0 Å². The molecule has 1 aliphatic rings. The second-order valence-electron chi connectivity index (χ2n) is 5.94. The van der Waals surface area contributed by atoms with Gasteiger partial charge < -0.3 is 9.64 Å². The largest absolute Gasteiger partial charge is 0.493 e. The molecule has 0 saturated carbocycles. The van der Waals surface area contributed by atoms with Crippen LogP contribution >= 0.6 is 0 Å². The highest BCUT2D eigenvalue weighted by Crippen LogP contribution is 2.28. The minimum Gasteiger partial charge on any atom is -0.493 e. The van der Waals surface area contributed by atoms with Crippen molar-refractivity contribution in [1.82, 2.24) is 0 Å². The van der Waals surface area contributed by atoms with E-state index < -0.39 is 0 Å². The lowest BCUT2D eigenvalue weighted by atomic mass is 9.91. The molecule has 1 atom stereocenters. The van der Waals surface area contributed by atoms with E-state index in [4.69, 9.17) is 4.74 Å². The normalized spacial score (nSPS) is 16.5. The Morgan fingerprint density at radius 1 is 1.18 bits per heavy atom. The molecule has 3 rings (SSSR count). The summed E-state index contributed by atoms with van der Waals surface area (Å²) in [5, 5.41) is 0. The molecule has 0 bridgehead atoms. The van der Waals surface area contributed by atoms with Gasteiger partial charge in [-0.25, -0.2) is 0 Å². The molecular formula is C19H21NO2. The van der Waals surface area contributed by atoms with E-state index in [0.717, 1.165) is 30.9 Å². The molecule has 0 saturated heterocycles. The van der Waals surface area contributed by atoms with Gasteiger partial charge in [-0.3, -0.25) is 4.79 Å². The van der Waals surface area contributed by atoms with Crippen LogP contribution in [0.3, 0.4) is 0 Å². The second kappa shape index (κ2) is 6.22. The van der Waals surface area contributed by atoms with E-state index >= 15 is 0 Å². The van der Waals surface area contributed by atoms with Gasteiger partial charge in [-0.1, -0.05) is 30.3 Å². The van der Waals surface area contributed by atoms with Crippen LogP contribution in [-0.2, 0) is 17.6 Å². The molecule has 114 valence electrons. The van der Waals surface area contributed by atoms with E-state index in [1.807, 2.05) is 24.3 Å². The zero-order chi connectivity index (χ0) is 15.5. The molecule has 1 aliphatic heterocycles. The molecule has 0 fully saturated rings. The Balaban J connectivity index is 1.66. The van der Waals surface area contributed by atoms with E-state index in [1.54, 1.807) is 18.9 Å². The molecule has 2 aromatic rings. The maximum atomic E-state index is 11.4. The van der Waals surface area contributed by atoms with Crippen molar-refractivity contribution >= 4 is 11.6 Å². The lowest BCUT2D eigenvalue weighted by Crippen LogP contribution is -2.23. The number of benzene rings is 2. The average Bonchev–Trinajstić information content (AvgIpc) is 2.55. The first-order chi connectivity index (χ1) is 10.6. The van der Waals surface area contributed by atoms with Crippen molar-refractivity contribution < 1.29 is 9.53 Å². The minimum absolute atomic E-state index is 0.0463. The molecule has 3 heteroatoms. The Bertz CT molecular complexity index is 663. The van der Waals surface area contributed by atoms with Crippen LogP contribution < -0.4 is 9.64 Å². The van der Waals surface area contributed by atoms with E-state index in [0.29, 0.717) is 5.92 Å². The summed E-state index contributed by atoms with van der Waals surface area (Å²) in [5.41, 5.74) is 3.52. The quantitative estimate of drug-likeness (QED) is 0.868. The zero-order valence-corrected chi connectivity index (χ0v) is 13.1. The van der Waals surface area contributed by atoms with Crippen molar-refractivity contribution in [3.8, 4) is 5.75 Å². The fourth-order valence-corrected chi connectivity index (χ4v) is 2.89. The van der Waals surface area contributed by atoms with Gasteiger partial charge in [-0.15, -0.1) is 0 Å². The molecule has 0 N–H and O–H groups in total. The molecule has 1 amide bonds. The molecule has 1 unspecified atom stereocenters. The number of hydrogen-bond acceptors (Lipinski definition) is 2. The molecule has 0 aliphatic carbocycles. The van der Waals surface area contributed by atoms with Crippen LogP contribution in [0.1, 0.15) is 18.1 Å². The maximum Gasteiger partial charge on any atom is 0.223 e. The van der Waals surface area contributed by atoms with Crippen LogP contribution in [0.5, 0.6) is 5.75 Å². The van der Waals surface area contributed by atoms with Gasteiger partial charge in [0.05, 0.1) is 6.61 Å². The molecule has 3 nitrogen and oxygen atoms in total. The highest BCUT2D eigenvalue weighted by Gasteiger charge is 2.19. The van der Waals surface area contributed by atoms with E-state index in [1.165, 1.54) is 11.1 Å². The highest BCUT2D eigenvalue weighted by molar-refractivity contribution is 5.90. The third-order valence-electron chi connectivity index (χ3n) is 4.28. The summed E-state index contributed by atoms with van der Waals surface area (Å²) in [6.07, 6.45) is 2.06. The van der Waals surface area contributed by atoms with Crippen molar-refractivity contribution in [2.45, 2.75) is 19.8 Å². The number of para-hydroxylation sites is 1. The molecule has 2 aromatic carbocycles. The Labute approximate surface area is 131 Å². The molecule has 0 aromatic heterocycles. The van der Waals surface area contributed by atoms with Crippen molar-refractivity contribution in [3.05, 3.63) is 59.7 Å². The van der Waals surface area contributed by atoms with Crippen LogP contribution in [0.25, 0.3) is 0 Å². The number of ether oxygens (including phenoxy) is 1. The van der Waals surface area contributed by atoms with Gasteiger partial charge in [0.15, 0.2) is 0 Å². The smallest absolute Gasteiger partial charge is 0.223 e. The summed E-state index contributed by atoms with van der Waals surface area (Å²) in [6, 6.07) is 16.5. The van der Waals surface area contributed by atoms with Crippen molar-refractivity contribution in [1.29, 1.82) is 0 Å². The maximum absolute atomic E-state index is 11.4. The molecule has 1 heterocycles. The fraction of sp³-hybridized carbons (Fsp3) is 0.316. The number of anilines is 1. The number of hydrogen-bond donors (Lipinski definition) is 0. The minimum atomic E-state index is 0.0463. The zero-order valence-electron chi connectivity index (χ0n) is 13.1. The standard InChI is InChI=1S/C19H21NO2/c1-14(21)20(2)18-9-7-15(8-10-18)11-16-12-17-5-3-4-6-19(17)22-13-16/h3-10,16H,11-13H2,1-2H3. The van der Waals surface area contributed by atoms with Gasteiger partial charge in [0.25, 0.3) is 0 Å². The van der Waals surface area contributed by atoms with Crippen molar-refractivity contribution in [2.75, 3.05) is 18.6 Å². The summed E-state index contributed by atoms with van der Waals surface area (Å²) in [6.45, 7) is 2.34. The van der Waals surface area contributed by atoms with Gasteiger partial charge in [0.2, 0.25) is 5.91 Å².